The maximum Gasteiger partial charge on any atom is 0.243 e. The van der Waals surface area contributed by atoms with Crippen LogP contribution in [-0.4, -0.2) is 48.6 Å². The summed E-state index contributed by atoms with van der Waals surface area (Å²) in [4.78, 5) is 13.3. The fraction of sp³-hybridized carbons (Fsp3) is 0.407. The molecule has 0 aliphatic heterocycles. The Labute approximate surface area is 214 Å². The maximum atomic E-state index is 13.4. The standard InChI is InChI=1S/C27H36N4O4S/c1-19(2)17-30(36(33,34)23-13-11-22(35-7)12-14-23)18-26(32)28-25-16-24(27(4,5)6)29-31(25)21-10-8-9-20(3)15-21/h8-16,19H,17-18H2,1-7H3,(H,28,32). The van der Waals surface area contributed by atoms with Crippen molar-refractivity contribution in [1.29, 1.82) is 0 Å². The monoisotopic (exact) mass is 512 g/mol. The van der Waals surface area contributed by atoms with Crippen molar-refractivity contribution in [1.82, 2.24) is 14.1 Å². The van der Waals surface area contributed by atoms with Gasteiger partial charge in [0, 0.05) is 18.0 Å². The van der Waals surface area contributed by atoms with E-state index >= 15 is 0 Å². The summed E-state index contributed by atoms with van der Waals surface area (Å²) in [5, 5.41) is 7.65. The molecule has 0 saturated heterocycles. The molecule has 3 aromatic rings. The average Bonchev–Trinajstić information content (AvgIpc) is 3.22. The van der Waals surface area contributed by atoms with Gasteiger partial charge in [0.05, 0.1) is 29.9 Å². The summed E-state index contributed by atoms with van der Waals surface area (Å²) >= 11 is 0. The quantitative estimate of drug-likeness (QED) is 0.446. The van der Waals surface area contributed by atoms with Crippen LogP contribution in [0.5, 0.6) is 5.75 Å². The van der Waals surface area contributed by atoms with Gasteiger partial charge >= 0.3 is 0 Å². The van der Waals surface area contributed by atoms with Crippen LogP contribution >= 0.6 is 0 Å². The zero-order chi connectivity index (χ0) is 26.7. The molecule has 0 spiro atoms. The number of benzene rings is 2. The lowest BCUT2D eigenvalue weighted by atomic mass is 9.92. The van der Waals surface area contributed by atoms with Crippen molar-refractivity contribution >= 4 is 21.7 Å². The Balaban J connectivity index is 1.91. The first kappa shape index (κ1) is 27.4. The number of amides is 1. The van der Waals surface area contributed by atoms with E-state index in [1.165, 1.54) is 23.5 Å². The number of nitrogens with one attached hydrogen (secondary N) is 1. The molecule has 1 amide bonds. The molecular formula is C27H36N4O4S. The number of methoxy groups -OCH3 is 1. The molecule has 0 unspecified atom stereocenters. The van der Waals surface area contributed by atoms with Crippen LogP contribution in [0, 0.1) is 12.8 Å². The normalized spacial score (nSPS) is 12.2. The van der Waals surface area contributed by atoms with E-state index in [2.05, 4.69) is 5.32 Å². The lowest BCUT2D eigenvalue weighted by molar-refractivity contribution is -0.116. The number of hydrogen-bond donors (Lipinski definition) is 1. The Bertz CT molecular complexity index is 1310. The first-order chi connectivity index (χ1) is 16.8. The van der Waals surface area contributed by atoms with Gasteiger partial charge in [-0.2, -0.15) is 9.40 Å². The van der Waals surface area contributed by atoms with Crippen LogP contribution in [-0.2, 0) is 20.2 Å². The molecule has 8 nitrogen and oxygen atoms in total. The van der Waals surface area contributed by atoms with Gasteiger partial charge in [-0.1, -0.05) is 46.8 Å². The zero-order valence-electron chi connectivity index (χ0n) is 22.1. The molecule has 1 N–H and O–H groups in total. The minimum Gasteiger partial charge on any atom is -0.497 e. The highest BCUT2D eigenvalue weighted by molar-refractivity contribution is 7.89. The molecule has 0 atom stereocenters. The van der Waals surface area contributed by atoms with Gasteiger partial charge in [0.1, 0.15) is 11.6 Å². The smallest absolute Gasteiger partial charge is 0.243 e. The molecule has 3 rings (SSSR count). The van der Waals surface area contributed by atoms with E-state index in [4.69, 9.17) is 9.84 Å². The van der Waals surface area contributed by atoms with Gasteiger partial charge in [-0.3, -0.25) is 4.79 Å². The van der Waals surface area contributed by atoms with E-state index in [0.717, 1.165) is 16.9 Å². The Morgan fingerprint density at radius 2 is 1.78 bits per heavy atom. The molecule has 194 valence electrons. The highest BCUT2D eigenvalue weighted by Crippen LogP contribution is 2.27. The molecule has 9 heteroatoms. The van der Waals surface area contributed by atoms with E-state index in [-0.39, 0.29) is 29.3 Å². The van der Waals surface area contributed by atoms with Gasteiger partial charge in [-0.25, -0.2) is 13.1 Å². The summed E-state index contributed by atoms with van der Waals surface area (Å²) in [6, 6.07) is 15.8. The fourth-order valence-corrected chi connectivity index (χ4v) is 5.25. The van der Waals surface area contributed by atoms with Gasteiger partial charge in [0.2, 0.25) is 15.9 Å². The average molecular weight is 513 g/mol. The van der Waals surface area contributed by atoms with Gasteiger partial charge in [-0.15, -0.1) is 0 Å². The predicted molar refractivity (Wildman–Crippen MR) is 142 cm³/mol. The lowest BCUT2D eigenvalue weighted by Crippen LogP contribution is -2.40. The Morgan fingerprint density at radius 3 is 2.33 bits per heavy atom. The number of rotatable bonds is 9. The number of hydrogen-bond acceptors (Lipinski definition) is 5. The van der Waals surface area contributed by atoms with Gasteiger partial charge in [0.15, 0.2) is 0 Å². The van der Waals surface area contributed by atoms with Crippen LogP contribution in [0.3, 0.4) is 0 Å². The molecule has 0 radical (unpaired) electrons. The van der Waals surface area contributed by atoms with E-state index in [0.29, 0.717) is 11.6 Å². The lowest BCUT2D eigenvalue weighted by Gasteiger charge is -2.23. The first-order valence-electron chi connectivity index (χ1n) is 11.9. The second kappa shape index (κ2) is 10.8. The second-order valence-corrected chi connectivity index (χ2v) is 12.3. The summed E-state index contributed by atoms with van der Waals surface area (Å²) < 4.78 is 34.9. The number of aryl methyl sites for hydroxylation is 1. The van der Waals surface area contributed by atoms with Crippen LogP contribution in [0.2, 0.25) is 0 Å². The van der Waals surface area contributed by atoms with Crippen molar-refractivity contribution in [3.63, 3.8) is 0 Å². The third-order valence-corrected chi connectivity index (χ3v) is 7.40. The largest absolute Gasteiger partial charge is 0.497 e. The van der Waals surface area contributed by atoms with Crippen molar-refractivity contribution in [2.24, 2.45) is 5.92 Å². The number of carbonyl (C=O) groups is 1. The van der Waals surface area contributed by atoms with E-state index in [1.807, 2.05) is 71.9 Å². The van der Waals surface area contributed by atoms with Crippen LogP contribution in [0.15, 0.2) is 59.5 Å². The molecule has 0 saturated carbocycles. The minimum atomic E-state index is -3.90. The van der Waals surface area contributed by atoms with E-state index in [9.17, 15) is 13.2 Å². The second-order valence-electron chi connectivity index (χ2n) is 10.3. The maximum absolute atomic E-state index is 13.4. The molecule has 0 aliphatic carbocycles. The number of nitrogens with zero attached hydrogens (tertiary/aromatic N) is 3. The van der Waals surface area contributed by atoms with Gasteiger partial charge < -0.3 is 10.1 Å². The van der Waals surface area contributed by atoms with Gasteiger partial charge in [-0.05, 0) is 54.8 Å². The summed E-state index contributed by atoms with van der Waals surface area (Å²) in [5.41, 5.74) is 2.44. The van der Waals surface area contributed by atoms with E-state index in [1.54, 1.807) is 16.8 Å². The number of anilines is 1. The van der Waals surface area contributed by atoms with Crippen molar-refractivity contribution in [2.75, 3.05) is 25.5 Å². The summed E-state index contributed by atoms with van der Waals surface area (Å²) in [5.74, 6) is 0.626. The van der Waals surface area contributed by atoms with Crippen molar-refractivity contribution in [3.8, 4) is 11.4 Å². The highest BCUT2D eigenvalue weighted by atomic mass is 32.2. The molecule has 0 aliphatic rings. The molecule has 1 aromatic heterocycles. The summed E-state index contributed by atoms with van der Waals surface area (Å²) in [6.45, 7) is 11.8. The van der Waals surface area contributed by atoms with Gasteiger partial charge in [0.25, 0.3) is 0 Å². The van der Waals surface area contributed by atoms with Crippen molar-refractivity contribution in [2.45, 2.75) is 51.9 Å². The van der Waals surface area contributed by atoms with Crippen molar-refractivity contribution in [3.05, 3.63) is 65.9 Å². The molecule has 2 aromatic carbocycles. The fourth-order valence-electron chi connectivity index (χ4n) is 3.69. The Hall–Kier alpha value is -3.17. The highest BCUT2D eigenvalue weighted by Gasteiger charge is 2.28. The molecule has 0 fully saturated rings. The van der Waals surface area contributed by atoms with Crippen LogP contribution in [0.25, 0.3) is 5.69 Å². The molecule has 1 heterocycles. The number of aromatic nitrogens is 2. The topological polar surface area (TPSA) is 93.5 Å². The van der Waals surface area contributed by atoms with Crippen LogP contribution in [0.4, 0.5) is 5.82 Å². The minimum absolute atomic E-state index is 0.0242. The number of ether oxygens (including phenoxy) is 1. The predicted octanol–water partition coefficient (Wildman–Crippen LogP) is 4.77. The summed E-state index contributed by atoms with van der Waals surface area (Å²) in [6.07, 6.45) is 0. The van der Waals surface area contributed by atoms with E-state index < -0.39 is 15.9 Å². The zero-order valence-corrected chi connectivity index (χ0v) is 22.9. The third-order valence-electron chi connectivity index (χ3n) is 5.58. The molecule has 0 bridgehead atoms. The van der Waals surface area contributed by atoms with Crippen LogP contribution < -0.4 is 10.1 Å². The third kappa shape index (κ3) is 6.53. The number of carbonyl (C=O) groups excluding carboxylic acids is 1. The SMILES string of the molecule is COc1ccc(S(=O)(=O)N(CC(=O)Nc2cc(C(C)(C)C)nn2-c2cccc(C)c2)CC(C)C)cc1. The molecule has 36 heavy (non-hydrogen) atoms. The molecular weight excluding hydrogens is 476 g/mol. The van der Waals surface area contributed by atoms with Crippen LogP contribution in [0.1, 0.15) is 45.9 Å². The Morgan fingerprint density at radius 1 is 1.11 bits per heavy atom. The first-order valence-corrected chi connectivity index (χ1v) is 13.4. The Kier molecular flexibility index (Phi) is 8.26. The summed E-state index contributed by atoms with van der Waals surface area (Å²) in [7, 11) is -2.38. The van der Waals surface area contributed by atoms with Crippen molar-refractivity contribution < 1.29 is 17.9 Å². The number of sulfonamides is 1.